The third-order valence-corrected chi connectivity index (χ3v) is 5.75. The Kier molecular flexibility index (Phi) is 6.97. The molecule has 1 aliphatic heterocycles. The van der Waals surface area contributed by atoms with Gasteiger partial charge in [-0.3, -0.25) is 14.5 Å². The van der Waals surface area contributed by atoms with E-state index in [0.29, 0.717) is 18.2 Å². The average Bonchev–Trinajstić information content (AvgIpc) is 3.32. The van der Waals surface area contributed by atoms with Gasteiger partial charge in [0, 0.05) is 25.9 Å². The van der Waals surface area contributed by atoms with E-state index in [1.807, 2.05) is 24.3 Å². The predicted molar refractivity (Wildman–Crippen MR) is 109 cm³/mol. The van der Waals surface area contributed by atoms with Crippen LogP contribution >= 0.6 is 11.3 Å². The fraction of sp³-hybridized carbons (Fsp3) is 0.500. The molecule has 1 fully saturated rings. The van der Waals surface area contributed by atoms with Crippen molar-refractivity contribution in [3.63, 3.8) is 0 Å². The van der Waals surface area contributed by atoms with Gasteiger partial charge in [-0.2, -0.15) is 0 Å². The van der Waals surface area contributed by atoms with Crippen LogP contribution in [0.15, 0.2) is 24.3 Å². The summed E-state index contributed by atoms with van der Waals surface area (Å²) in [4.78, 5) is 26.3. The van der Waals surface area contributed by atoms with Crippen LogP contribution in [0.5, 0.6) is 5.75 Å². The van der Waals surface area contributed by atoms with Gasteiger partial charge in [0.1, 0.15) is 10.8 Å². The molecule has 3 rings (SSSR count). The molecule has 0 spiro atoms. The van der Waals surface area contributed by atoms with Crippen molar-refractivity contribution in [3.8, 4) is 5.75 Å². The van der Waals surface area contributed by atoms with Crippen LogP contribution in [-0.4, -0.2) is 42.2 Å². The summed E-state index contributed by atoms with van der Waals surface area (Å²) < 4.78 is 5.15. The number of hydrogen-bond acceptors (Lipinski definition) is 6. The molecule has 1 aliphatic rings. The van der Waals surface area contributed by atoms with Crippen LogP contribution in [-0.2, 0) is 22.4 Å². The number of nitrogens with zero attached hydrogens (tertiary/aromatic N) is 3. The van der Waals surface area contributed by atoms with E-state index in [1.165, 1.54) is 16.9 Å². The lowest BCUT2D eigenvalue weighted by molar-refractivity contribution is -0.126. The Morgan fingerprint density at radius 1 is 1.29 bits per heavy atom. The number of carbonyl (C=O) groups is 2. The minimum Gasteiger partial charge on any atom is -0.497 e. The molecule has 8 heteroatoms. The van der Waals surface area contributed by atoms with Gasteiger partial charge in [0.2, 0.25) is 16.9 Å². The number of carbonyl (C=O) groups excluding carboxylic acids is 2. The van der Waals surface area contributed by atoms with Crippen molar-refractivity contribution in [2.75, 3.05) is 25.1 Å². The Balaban J connectivity index is 1.43. The Bertz CT molecular complexity index is 806. The Hall–Kier alpha value is -2.48. The summed E-state index contributed by atoms with van der Waals surface area (Å²) >= 11 is 1.44. The molecule has 1 atom stereocenters. The average molecular weight is 403 g/mol. The van der Waals surface area contributed by atoms with Crippen LogP contribution < -0.4 is 15.0 Å². The molecule has 0 saturated carbocycles. The van der Waals surface area contributed by atoms with Crippen molar-refractivity contribution >= 4 is 28.3 Å². The van der Waals surface area contributed by atoms with Gasteiger partial charge in [0.25, 0.3) is 0 Å². The molecule has 150 valence electrons. The number of aryl methyl sites for hydroxylation is 2. The van der Waals surface area contributed by atoms with E-state index in [0.717, 1.165) is 36.4 Å². The smallest absolute Gasteiger partial charge is 0.229 e. The molecule has 0 aliphatic carbocycles. The summed E-state index contributed by atoms with van der Waals surface area (Å²) in [7, 11) is 1.65. The van der Waals surface area contributed by atoms with Gasteiger partial charge in [-0.1, -0.05) is 30.4 Å². The molecule has 0 bridgehead atoms. The third-order valence-electron chi connectivity index (χ3n) is 4.75. The van der Waals surface area contributed by atoms with Gasteiger partial charge in [-0.05, 0) is 37.0 Å². The number of nitrogens with one attached hydrogen (secondary N) is 1. The van der Waals surface area contributed by atoms with Crippen molar-refractivity contribution in [2.24, 2.45) is 5.92 Å². The zero-order chi connectivity index (χ0) is 19.9. The molecule has 1 saturated heterocycles. The standard InChI is InChI=1S/C20H26N4O3S/c1-3-5-17-22-23-20(28-17)24-13-15(12-18(24)25)19(26)21-11-4-6-14-7-9-16(27-2)10-8-14/h7-10,15H,3-6,11-13H2,1-2H3,(H,21,26). The van der Waals surface area contributed by atoms with Crippen LogP contribution in [0.1, 0.15) is 36.8 Å². The molecule has 2 aromatic rings. The summed E-state index contributed by atoms with van der Waals surface area (Å²) in [6.07, 6.45) is 3.80. The van der Waals surface area contributed by atoms with E-state index in [1.54, 1.807) is 12.0 Å². The molecule has 2 heterocycles. The van der Waals surface area contributed by atoms with E-state index in [9.17, 15) is 9.59 Å². The fourth-order valence-corrected chi connectivity index (χ4v) is 4.14. The Morgan fingerprint density at radius 3 is 2.79 bits per heavy atom. The van der Waals surface area contributed by atoms with Gasteiger partial charge >= 0.3 is 0 Å². The maximum absolute atomic E-state index is 12.4. The first-order valence-electron chi connectivity index (χ1n) is 9.64. The van der Waals surface area contributed by atoms with E-state index < -0.39 is 0 Å². The quantitative estimate of drug-likeness (QED) is 0.652. The largest absolute Gasteiger partial charge is 0.497 e. The highest BCUT2D eigenvalue weighted by Crippen LogP contribution is 2.28. The number of methoxy groups -OCH3 is 1. The fourth-order valence-electron chi connectivity index (χ4n) is 3.18. The second-order valence-corrected chi connectivity index (χ2v) is 7.92. The Morgan fingerprint density at radius 2 is 2.07 bits per heavy atom. The molecule has 28 heavy (non-hydrogen) atoms. The molecule has 7 nitrogen and oxygen atoms in total. The number of aromatic nitrogens is 2. The van der Waals surface area contributed by atoms with Crippen molar-refractivity contribution in [1.29, 1.82) is 0 Å². The number of hydrogen-bond donors (Lipinski definition) is 1. The SMILES string of the molecule is CCCc1nnc(N2CC(C(=O)NCCCc3ccc(OC)cc3)CC2=O)s1. The van der Waals surface area contributed by atoms with Crippen LogP contribution in [0.3, 0.4) is 0 Å². The first-order valence-corrected chi connectivity index (χ1v) is 10.5. The molecular formula is C20H26N4O3S. The normalized spacial score (nSPS) is 16.4. The highest BCUT2D eigenvalue weighted by molar-refractivity contribution is 7.15. The molecule has 2 amide bonds. The summed E-state index contributed by atoms with van der Waals surface area (Å²) in [6.45, 7) is 3.05. The predicted octanol–water partition coefficient (Wildman–Crippen LogP) is 2.60. The summed E-state index contributed by atoms with van der Waals surface area (Å²) in [5.74, 6) is 0.387. The zero-order valence-electron chi connectivity index (χ0n) is 16.3. The maximum atomic E-state index is 12.4. The van der Waals surface area contributed by atoms with Crippen molar-refractivity contribution in [1.82, 2.24) is 15.5 Å². The van der Waals surface area contributed by atoms with Crippen molar-refractivity contribution < 1.29 is 14.3 Å². The monoisotopic (exact) mass is 402 g/mol. The lowest BCUT2D eigenvalue weighted by atomic mass is 10.1. The third kappa shape index (κ3) is 5.07. The molecular weight excluding hydrogens is 376 g/mol. The highest BCUT2D eigenvalue weighted by Gasteiger charge is 2.36. The number of ether oxygens (including phenoxy) is 1. The summed E-state index contributed by atoms with van der Waals surface area (Å²) in [6, 6.07) is 7.93. The Labute approximate surface area is 169 Å². The van der Waals surface area contributed by atoms with Gasteiger partial charge in [0.15, 0.2) is 0 Å². The van der Waals surface area contributed by atoms with Crippen LogP contribution in [0.4, 0.5) is 5.13 Å². The minimum atomic E-state index is -0.327. The van der Waals surface area contributed by atoms with Gasteiger partial charge in [-0.15, -0.1) is 10.2 Å². The molecule has 1 unspecified atom stereocenters. The number of benzene rings is 1. The van der Waals surface area contributed by atoms with E-state index in [2.05, 4.69) is 22.4 Å². The summed E-state index contributed by atoms with van der Waals surface area (Å²) in [5.41, 5.74) is 1.21. The van der Waals surface area contributed by atoms with Crippen LogP contribution in [0.25, 0.3) is 0 Å². The molecule has 1 aromatic heterocycles. The summed E-state index contributed by atoms with van der Waals surface area (Å²) in [5, 5.41) is 12.7. The van der Waals surface area contributed by atoms with Gasteiger partial charge < -0.3 is 10.1 Å². The maximum Gasteiger partial charge on any atom is 0.229 e. The first-order chi connectivity index (χ1) is 13.6. The van der Waals surface area contributed by atoms with Crippen LogP contribution in [0, 0.1) is 5.92 Å². The lowest BCUT2D eigenvalue weighted by Gasteiger charge is -2.12. The highest BCUT2D eigenvalue weighted by atomic mass is 32.1. The molecule has 0 radical (unpaired) electrons. The minimum absolute atomic E-state index is 0.0578. The van der Waals surface area contributed by atoms with Crippen molar-refractivity contribution in [2.45, 2.75) is 39.0 Å². The van der Waals surface area contributed by atoms with Gasteiger partial charge in [0.05, 0.1) is 13.0 Å². The molecule has 1 N–H and O–H groups in total. The lowest BCUT2D eigenvalue weighted by Crippen LogP contribution is -2.33. The number of amides is 2. The first kappa shape index (κ1) is 20.3. The second kappa shape index (κ2) is 9.64. The van der Waals surface area contributed by atoms with E-state index in [-0.39, 0.29) is 24.2 Å². The van der Waals surface area contributed by atoms with Gasteiger partial charge in [-0.25, -0.2) is 0 Å². The second-order valence-electron chi connectivity index (χ2n) is 6.88. The topological polar surface area (TPSA) is 84.4 Å². The van der Waals surface area contributed by atoms with Crippen molar-refractivity contribution in [3.05, 3.63) is 34.8 Å². The van der Waals surface area contributed by atoms with E-state index in [4.69, 9.17) is 4.74 Å². The van der Waals surface area contributed by atoms with E-state index >= 15 is 0 Å². The zero-order valence-corrected chi connectivity index (χ0v) is 17.1. The molecule has 1 aromatic carbocycles. The number of anilines is 1. The van der Waals surface area contributed by atoms with Crippen LogP contribution in [0.2, 0.25) is 0 Å². The number of rotatable bonds is 9.